The van der Waals surface area contributed by atoms with Crippen LogP contribution in [0.1, 0.15) is 63.0 Å². The van der Waals surface area contributed by atoms with E-state index in [0.717, 1.165) is 16.7 Å². The van der Waals surface area contributed by atoms with Gasteiger partial charge in [0.1, 0.15) is 11.3 Å². The predicted octanol–water partition coefficient (Wildman–Crippen LogP) is 13.7. The molecule has 0 amide bonds. The first-order chi connectivity index (χ1) is 23.4. The highest BCUT2D eigenvalue weighted by Crippen LogP contribution is 2.56. The van der Waals surface area contributed by atoms with Crippen LogP contribution in [0, 0.1) is 0 Å². The number of benzene rings is 7. The largest absolute Gasteiger partial charge is 0.460 e. The van der Waals surface area contributed by atoms with Gasteiger partial charge in [-0.1, -0.05) is 143 Å². The van der Waals surface area contributed by atoms with Gasteiger partial charge < -0.3 is 4.42 Å². The number of hydrogen-bond donors (Lipinski definition) is 0. The number of allylic oxidation sites excluding steroid dienone is 1. The molecule has 0 bridgehead atoms. The van der Waals surface area contributed by atoms with Gasteiger partial charge in [0.15, 0.2) is 0 Å². The van der Waals surface area contributed by atoms with Crippen molar-refractivity contribution in [1.29, 1.82) is 0 Å². The zero-order chi connectivity index (χ0) is 32.7. The van der Waals surface area contributed by atoms with E-state index in [-0.39, 0.29) is 5.41 Å². The van der Waals surface area contributed by atoms with Crippen molar-refractivity contribution in [1.82, 2.24) is 0 Å². The van der Waals surface area contributed by atoms with E-state index in [4.69, 9.17) is 4.42 Å². The first-order valence-electron chi connectivity index (χ1n) is 17.2. The van der Waals surface area contributed by atoms with Crippen LogP contribution < -0.4 is 0 Å². The Kier molecular flexibility index (Phi) is 6.33. The van der Waals surface area contributed by atoms with Gasteiger partial charge in [0.05, 0.1) is 0 Å². The van der Waals surface area contributed by atoms with Crippen molar-refractivity contribution in [3.8, 4) is 33.4 Å². The molecular formula is C47H38O. The third-order valence-electron chi connectivity index (χ3n) is 10.7. The number of rotatable bonds is 4. The summed E-state index contributed by atoms with van der Waals surface area (Å²) in [6.07, 6.45) is 4.31. The van der Waals surface area contributed by atoms with Crippen LogP contribution in [0.5, 0.6) is 0 Å². The molecule has 0 radical (unpaired) electrons. The van der Waals surface area contributed by atoms with Crippen LogP contribution >= 0.6 is 0 Å². The van der Waals surface area contributed by atoms with Crippen LogP contribution in [0.25, 0.3) is 82.7 Å². The van der Waals surface area contributed by atoms with E-state index in [0.29, 0.717) is 5.92 Å². The zero-order valence-corrected chi connectivity index (χ0v) is 28.2. The molecule has 8 aromatic rings. The molecule has 7 aromatic carbocycles. The molecule has 1 aromatic heterocycles. The van der Waals surface area contributed by atoms with Gasteiger partial charge in [0.2, 0.25) is 0 Å². The molecule has 1 aliphatic carbocycles. The summed E-state index contributed by atoms with van der Waals surface area (Å²) in [5.41, 5.74) is 12.7. The molecule has 0 fully saturated rings. The summed E-state index contributed by atoms with van der Waals surface area (Å²) in [4.78, 5) is 0. The molecule has 0 unspecified atom stereocenters. The van der Waals surface area contributed by atoms with Gasteiger partial charge in [-0.25, -0.2) is 0 Å². The van der Waals surface area contributed by atoms with Crippen molar-refractivity contribution in [3.05, 3.63) is 150 Å². The standard InChI is InChI=1S/C47H38O/c1-6-15-36-38-26-30(24-25-41(38)48-46(36)28(2)3)42-32-18-9-11-20-34(32)43(35-21-12-10-19-33(35)42)45-31-17-8-7-16-29(31)27-40-44(45)37-22-13-14-23-39(37)47(40,4)5/h6-28H,1-5H3/b15-6-. The molecule has 1 aliphatic rings. The van der Waals surface area contributed by atoms with Crippen molar-refractivity contribution in [2.24, 2.45) is 0 Å². The average molecular weight is 619 g/mol. The minimum atomic E-state index is -0.101. The van der Waals surface area contributed by atoms with Crippen LogP contribution in [-0.2, 0) is 5.41 Å². The summed E-state index contributed by atoms with van der Waals surface area (Å²) in [5.74, 6) is 1.34. The summed E-state index contributed by atoms with van der Waals surface area (Å²) in [6.45, 7) is 11.3. The van der Waals surface area contributed by atoms with Gasteiger partial charge in [-0.2, -0.15) is 0 Å². The maximum absolute atomic E-state index is 6.43. The summed E-state index contributed by atoms with van der Waals surface area (Å²) >= 11 is 0. The number of fused-ring (bicyclic) bond motifs is 7. The lowest BCUT2D eigenvalue weighted by atomic mass is 9.79. The molecule has 0 saturated heterocycles. The van der Waals surface area contributed by atoms with Gasteiger partial charge in [0, 0.05) is 22.3 Å². The van der Waals surface area contributed by atoms with Gasteiger partial charge in [-0.15, -0.1) is 0 Å². The second kappa shape index (κ2) is 10.6. The van der Waals surface area contributed by atoms with Crippen molar-refractivity contribution in [2.75, 3.05) is 0 Å². The lowest BCUT2D eigenvalue weighted by molar-refractivity contribution is 0.520. The van der Waals surface area contributed by atoms with Crippen LogP contribution in [0.15, 0.2) is 132 Å². The van der Waals surface area contributed by atoms with Crippen molar-refractivity contribution in [3.63, 3.8) is 0 Å². The van der Waals surface area contributed by atoms with Crippen LogP contribution in [0.3, 0.4) is 0 Å². The SMILES string of the molecule is C/C=C\c1c(C(C)C)oc2ccc(-c3c4ccccc4c(-c4c5c(cc6ccccc46)C(C)(C)c4ccccc4-5)c4ccccc34)cc12. The summed E-state index contributed by atoms with van der Waals surface area (Å²) in [7, 11) is 0. The molecular weight excluding hydrogens is 581 g/mol. The van der Waals surface area contributed by atoms with Crippen LogP contribution in [0.2, 0.25) is 0 Å². The Labute approximate surface area is 282 Å². The summed E-state index contributed by atoms with van der Waals surface area (Å²) in [5, 5.41) is 8.82. The second-order valence-corrected chi connectivity index (χ2v) is 14.2. The quantitative estimate of drug-likeness (QED) is 0.179. The van der Waals surface area contributed by atoms with E-state index in [9.17, 15) is 0 Å². The third-order valence-corrected chi connectivity index (χ3v) is 10.7. The monoisotopic (exact) mass is 618 g/mol. The van der Waals surface area contributed by atoms with Gasteiger partial charge in [-0.3, -0.25) is 0 Å². The highest BCUT2D eigenvalue weighted by atomic mass is 16.3. The number of hydrogen-bond acceptors (Lipinski definition) is 1. The van der Waals surface area contributed by atoms with Crippen molar-refractivity contribution in [2.45, 2.75) is 46.0 Å². The van der Waals surface area contributed by atoms with Crippen LogP contribution in [-0.4, -0.2) is 0 Å². The molecule has 232 valence electrons. The Hall–Kier alpha value is -5.40. The predicted molar refractivity (Wildman–Crippen MR) is 206 cm³/mol. The summed E-state index contributed by atoms with van der Waals surface area (Å²) in [6, 6.07) is 45.3. The van der Waals surface area contributed by atoms with Crippen molar-refractivity contribution < 1.29 is 4.42 Å². The topological polar surface area (TPSA) is 13.1 Å². The summed E-state index contributed by atoms with van der Waals surface area (Å²) < 4.78 is 6.43. The fraction of sp³-hybridized carbons (Fsp3) is 0.149. The molecule has 0 atom stereocenters. The normalized spacial score (nSPS) is 13.8. The van der Waals surface area contributed by atoms with Crippen molar-refractivity contribution >= 4 is 49.4 Å². The fourth-order valence-corrected chi connectivity index (χ4v) is 8.54. The van der Waals surface area contributed by atoms with E-state index >= 15 is 0 Å². The lowest BCUT2D eigenvalue weighted by Gasteiger charge is -2.24. The smallest absolute Gasteiger partial charge is 0.134 e. The number of furan rings is 1. The maximum atomic E-state index is 6.43. The fourth-order valence-electron chi connectivity index (χ4n) is 8.54. The molecule has 0 saturated carbocycles. The molecule has 9 rings (SSSR count). The van der Waals surface area contributed by atoms with Gasteiger partial charge in [0.25, 0.3) is 0 Å². The molecule has 0 spiro atoms. The first kappa shape index (κ1) is 28.8. The van der Waals surface area contributed by atoms with E-state index in [1.165, 1.54) is 82.4 Å². The molecule has 1 heteroatoms. The minimum Gasteiger partial charge on any atom is -0.460 e. The molecule has 0 aliphatic heterocycles. The molecule has 1 nitrogen and oxygen atoms in total. The average Bonchev–Trinajstić information content (AvgIpc) is 3.58. The molecule has 48 heavy (non-hydrogen) atoms. The van der Waals surface area contributed by atoms with E-state index < -0.39 is 0 Å². The van der Waals surface area contributed by atoms with E-state index in [2.05, 4.69) is 168 Å². The Morgan fingerprint density at radius 3 is 1.83 bits per heavy atom. The molecule has 0 N–H and O–H groups in total. The Morgan fingerprint density at radius 2 is 1.17 bits per heavy atom. The maximum Gasteiger partial charge on any atom is 0.134 e. The Morgan fingerprint density at radius 1 is 0.562 bits per heavy atom. The van der Waals surface area contributed by atoms with Crippen LogP contribution in [0.4, 0.5) is 0 Å². The second-order valence-electron chi connectivity index (χ2n) is 14.2. The Bertz CT molecular complexity index is 2570. The van der Waals surface area contributed by atoms with E-state index in [1.807, 2.05) is 0 Å². The highest BCUT2D eigenvalue weighted by molar-refractivity contribution is 6.26. The van der Waals surface area contributed by atoms with E-state index in [1.54, 1.807) is 0 Å². The zero-order valence-electron chi connectivity index (χ0n) is 28.2. The minimum absolute atomic E-state index is 0.101. The van der Waals surface area contributed by atoms with Gasteiger partial charge in [-0.05, 0) is 102 Å². The highest BCUT2D eigenvalue weighted by Gasteiger charge is 2.38. The first-order valence-corrected chi connectivity index (χ1v) is 17.2. The Balaban J connectivity index is 1.44. The third kappa shape index (κ3) is 3.97. The molecule has 1 heterocycles. The van der Waals surface area contributed by atoms with Gasteiger partial charge >= 0.3 is 0 Å². The lowest BCUT2D eigenvalue weighted by Crippen LogP contribution is -2.15.